The Morgan fingerprint density at radius 3 is 2.61 bits per heavy atom. The van der Waals surface area contributed by atoms with Crippen LogP contribution >= 0.6 is 0 Å². The van der Waals surface area contributed by atoms with E-state index in [1.165, 1.54) is 11.1 Å². The van der Waals surface area contributed by atoms with Crippen molar-refractivity contribution in [3.63, 3.8) is 0 Å². The van der Waals surface area contributed by atoms with E-state index < -0.39 is 0 Å². The summed E-state index contributed by atoms with van der Waals surface area (Å²) in [4.78, 5) is 0. The number of hydrogen-bond donors (Lipinski definition) is 2. The molecule has 2 aromatic rings. The van der Waals surface area contributed by atoms with E-state index >= 15 is 0 Å². The van der Waals surface area contributed by atoms with E-state index in [-0.39, 0.29) is 0 Å². The van der Waals surface area contributed by atoms with Crippen molar-refractivity contribution in [1.82, 2.24) is 5.32 Å². The molecule has 0 saturated carbocycles. The molecule has 0 unspecified atom stereocenters. The van der Waals surface area contributed by atoms with Gasteiger partial charge in [-0.15, -0.1) is 0 Å². The Morgan fingerprint density at radius 1 is 1.11 bits per heavy atom. The third-order valence-corrected chi connectivity index (χ3v) is 3.07. The number of phenolic OH excluding ortho intramolecular Hbond substituents is 1. The second kappa shape index (κ2) is 5.69. The van der Waals surface area contributed by atoms with Crippen LogP contribution in [-0.4, -0.2) is 5.11 Å². The van der Waals surface area contributed by atoms with Gasteiger partial charge in [0.25, 0.3) is 0 Å². The Labute approximate surface area is 108 Å². The van der Waals surface area contributed by atoms with Crippen LogP contribution in [0.3, 0.4) is 0 Å². The molecule has 94 valence electrons. The largest absolute Gasteiger partial charge is 0.508 e. The van der Waals surface area contributed by atoms with Crippen LogP contribution in [0.25, 0.3) is 0 Å². The Hall–Kier alpha value is -1.80. The minimum atomic E-state index is 0.298. The van der Waals surface area contributed by atoms with Gasteiger partial charge >= 0.3 is 0 Å². The van der Waals surface area contributed by atoms with E-state index in [4.69, 9.17) is 0 Å². The molecule has 0 spiro atoms. The monoisotopic (exact) mass is 241 g/mol. The van der Waals surface area contributed by atoms with Gasteiger partial charge in [0.05, 0.1) is 0 Å². The molecule has 0 aliphatic rings. The summed E-state index contributed by atoms with van der Waals surface area (Å²) in [5, 5.41) is 12.9. The minimum Gasteiger partial charge on any atom is -0.508 e. The minimum absolute atomic E-state index is 0.298. The average molecular weight is 241 g/mol. The molecule has 0 aliphatic carbocycles. The summed E-state index contributed by atoms with van der Waals surface area (Å²) < 4.78 is 0. The third kappa shape index (κ3) is 3.34. The first-order chi connectivity index (χ1) is 8.65. The molecule has 0 amide bonds. The second-order valence-electron chi connectivity index (χ2n) is 4.69. The SMILES string of the molecule is Cc1cccc([C@@H](C)NCc2cccc(O)c2)c1. The lowest BCUT2D eigenvalue weighted by Gasteiger charge is -2.15. The molecule has 2 heteroatoms. The first-order valence-corrected chi connectivity index (χ1v) is 6.23. The zero-order chi connectivity index (χ0) is 13.0. The number of phenols is 1. The molecule has 1 atom stereocenters. The highest BCUT2D eigenvalue weighted by atomic mass is 16.3. The Morgan fingerprint density at radius 2 is 1.89 bits per heavy atom. The molecule has 0 heterocycles. The van der Waals surface area contributed by atoms with Crippen LogP contribution in [0.2, 0.25) is 0 Å². The summed E-state index contributed by atoms with van der Waals surface area (Å²) in [5.74, 6) is 0.317. The molecule has 0 aromatic heterocycles. The third-order valence-electron chi connectivity index (χ3n) is 3.07. The molecule has 0 fully saturated rings. The normalized spacial score (nSPS) is 12.3. The second-order valence-corrected chi connectivity index (χ2v) is 4.69. The predicted octanol–water partition coefficient (Wildman–Crippen LogP) is 3.55. The summed E-state index contributed by atoms with van der Waals surface area (Å²) in [6.07, 6.45) is 0. The number of hydrogen-bond acceptors (Lipinski definition) is 2. The molecular weight excluding hydrogens is 222 g/mol. The number of rotatable bonds is 4. The topological polar surface area (TPSA) is 32.3 Å². The Balaban J connectivity index is 1.98. The fourth-order valence-corrected chi connectivity index (χ4v) is 1.99. The fourth-order valence-electron chi connectivity index (χ4n) is 1.99. The standard InChI is InChI=1S/C16H19NO/c1-12-5-3-7-15(9-12)13(2)17-11-14-6-4-8-16(18)10-14/h3-10,13,17-18H,11H2,1-2H3/t13-/m1/s1. The average Bonchev–Trinajstić information content (AvgIpc) is 2.36. The summed E-state index contributed by atoms with van der Waals surface area (Å²) in [5.41, 5.74) is 3.66. The molecule has 2 rings (SSSR count). The van der Waals surface area contributed by atoms with E-state index in [0.717, 1.165) is 12.1 Å². The number of nitrogens with one attached hydrogen (secondary N) is 1. The van der Waals surface area contributed by atoms with Gasteiger partial charge in [-0.2, -0.15) is 0 Å². The zero-order valence-electron chi connectivity index (χ0n) is 10.9. The number of benzene rings is 2. The summed E-state index contributed by atoms with van der Waals surface area (Å²) in [6, 6.07) is 16.2. The molecular formula is C16H19NO. The van der Waals surface area contributed by atoms with E-state index in [1.807, 2.05) is 12.1 Å². The van der Waals surface area contributed by atoms with Crippen LogP contribution < -0.4 is 5.32 Å². The van der Waals surface area contributed by atoms with Crippen LogP contribution in [0, 0.1) is 6.92 Å². The first-order valence-electron chi connectivity index (χ1n) is 6.23. The van der Waals surface area contributed by atoms with Crippen LogP contribution in [0.1, 0.15) is 29.7 Å². The molecule has 0 saturated heterocycles. The van der Waals surface area contributed by atoms with Crippen molar-refractivity contribution in [3.8, 4) is 5.75 Å². The Kier molecular flexibility index (Phi) is 4.00. The van der Waals surface area contributed by atoms with Gasteiger partial charge in [-0.1, -0.05) is 42.0 Å². The molecule has 2 N–H and O–H groups in total. The Bertz CT molecular complexity index is 522. The van der Waals surface area contributed by atoms with Crippen LogP contribution in [0.4, 0.5) is 0 Å². The number of aromatic hydroxyl groups is 1. The van der Waals surface area contributed by atoms with Gasteiger partial charge in [-0.25, -0.2) is 0 Å². The van der Waals surface area contributed by atoms with E-state index in [0.29, 0.717) is 11.8 Å². The van der Waals surface area contributed by atoms with E-state index in [1.54, 1.807) is 12.1 Å². The quantitative estimate of drug-likeness (QED) is 0.858. The first kappa shape index (κ1) is 12.7. The van der Waals surface area contributed by atoms with Gasteiger partial charge in [0, 0.05) is 12.6 Å². The lowest BCUT2D eigenvalue weighted by Crippen LogP contribution is -2.18. The highest BCUT2D eigenvalue weighted by molar-refractivity contribution is 5.28. The molecule has 2 nitrogen and oxygen atoms in total. The van der Waals surface area contributed by atoms with Gasteiger partial charge in [0.2, 0.25) is 0 Å². The highest BCUT2D eigenvalue weighted by Crippen LogP contribution is 2.16. The zero-order valence-corrected chi connectivity index (χ0v) is 10.9. The predicted molar refractivity (Wildman–Crippen MR) is 74.5 cm³/mol. The van der Waals surface area contributed by atoms with Crippen molar-refractivity contribution >= 4 is 0 Å². The summed E-state index contributed by atoms with van der Waals surface area (Å²) >= 11 is 0. The number of aryl methyl sites for hydroxylation is 1. The van der Waals surface area contributed by atoms with Crippen molar-refractivity contribution in [1.29, 1.82) is 0 Å². The molecule has 0 aliphatic heterocycles. The summed E-state index contributed by atoms with van der Waals surface area (Å²) in [6.45, 7) is 5.01. The van der Waals surface area contributed by atoms with Crippen molar-refractivity contribution in [2.24, 2.45) is 0 Å². The van der Waals surface area contributed by atoms with Crippen molar-refractivity contribution in [2.75, 3.05) is 0 Å². The molecule has 0 radical (unpaired) electrons. The van der Waals surface area contributed by atoms with Crippen LogP contribution in [0.5, 0.6) is 5.75 Å². The fraction of sp³-hybridized carbons (Fsp3) is 0.250. The maximum Gasteiger partial charge on any atom is 0.115 e. The highest BCUT2D eigenvalue weighted by Gasteiger charge is 2.04. The smallest absolute Gasteiger partial charge is 0.115 e. The van der Waals surface area contributed by atoms with E-state index in [2.05, 4.69) is 43.4 Å². The lowest BCUT2D eigenvalue weighted by atomic mass is 10.1. The van der Waals surface area contributed by atoms with Gasteiger partial charge in [-0.05, 0) is 37.1 Å². The van der Waals surface area contributed by atoms with Crippen molar-refractivity contribution in [2.45, 2.75) is 26.4 Å². The maximum absolute atomic E-state index is 9.40. The maximum atomic E-state index is 9.40. The van der Waals surface area contributed by atoms with E-state index in [9.17, 15) is 5.11 Å². The molecule has 0 bridgehead atoms. The van der Waals surface area contributed by atoms with Crippen molar-refractivity contribution in [3.05, 3.63) is 65.2 Å². The van der Waals surface area contributed by atoms with Crippen molar-refractivity contribution < 1.29 is 5.11 Å². The molecule has 18 heavy (non-hydrogen) atoms. The van der Waals surface area contributed by atoms with Crippen LogP contribution in [-0.2, 0) is 6.54 Å². The van der Waals surface area contributed by atoms with Gasteiger partial charge in [0.15, 0.2) is 0 Å². The van der Waals surface area contributed by atoms with Gasteiger partial charge in [0.1, 0.15) is 5.75 Å². The summed E-state index contributed by atoms with van der Waals surface area (Å²) in [7, 11) is 0. The van der Waals surface area contributed by atoms with Gasteiger partial charge < -0.3 is 10.4 Å². The van der Waals surface area contributed by atoms with Gasteiger partial charge in [-0.3, -0.25) is 0 Å². The lowest BCUT2D eigenvalue weighted by molar-refractivity contribution is 0.473. The van der Waals surface area contributed by atoms with Crippen LogP contribution in [0.15, 0.2) is 48.5 Å². The molecule has 2 aromatic carbocycles.